The Labute approximate surface area is 200 Å². The summed E-state index contributed by atoms with van der Waals surface area (Å²) >= 11 is 0. The number of carbonyl (C=O) groups is 2. The first-order valence-corrected chi connectivity index (χ1v) is 13.0. The SMILES string of the molecule is CC(OC(=O)[C@H](C)N=C1NS(=O)(=O)c2ccccc21)C(=O)N1CCC(Cc2ccccc2)CC1. The van der Waals surface area contributed by atoms with Gasteiger partial charge in [-0.3, -0.25) is 14.5 Å². The summed E-state index contributed by atoms with van der Waals surface area (Å²) in [4.78, 5) is 31.5. The highest BCUT2D eigenvalue weighted by Crippen LogP contribution is 2.24. The molecule has 34 heavy (non-hydrogen) atoms. The number of ether oxygens (including phenoxy) is 1. The minimum Gasteiger partial charge on any atom is -0.451 e. The molecule has 180 valence electrons. The van der Waals surface area contributed by atoms with Crippen LogP contribution in [0.4, 0.5) is 0 Å². The van der Waals surface area contributed by atoms with Gasteiger partial charge in [0.15, 0.2) is 6.10 Å². The number of fused-ring (bicyclic) bond motifs is 1. The van der Waals surface area contributed by atoms with Crippen molar-refractivity contribution in [2.75, 3.05) is 13.1 Å². The number of nitrogens with zero attached hydrogens (tertiary/aromatic N) is 2. The van der Waals surface area contributed by atoms with Gasteiger partial charge in [0, 0.05) is 18.7 Å². The van der Waals surface area contributed by atoms with E-state index in [-0.39, 0.29) is 16.6 Å². The van der Waals surface area contributed by atoms with E-state index in [0.717, 1.165) is 19.3 Å². The monoisotopic (exact) mass is 483 g/mol. The molecular formula is C25H29N3O5S. The van der Waals surface area contributed by atoms with Crippen molar-refractivity contribution in [3.8, 4) is 0 Å². The van der Waals surface area contributed by atoms with Crippen molar-refractivity contribution in [3.63, 3.8) is 0 Å². The number of amidine groups is 1. The summed E-state index contributed by atoms with van der Waals surface area (Å²) in [5.41, 5.74) is 1.71. The standard InChI is InChI=1S/C25H29N3O5S/c1-17(26-23-21-10-6-7-11-22(21)34(31,32)27-23)25(30)33-18(2)24(29)28-14-12-20(13-15-28)16-19-8-4-3-5-9-19/h3-11,17-18,20H,12-16H2,1-2H3,(H,26,27)/t17-,18?/m0/s1. The van der Waals surface area contributed by atoms with Crippen LogP contribution in [0.25, 0.3) is 0 Å². The molecule has 8 nitrogen and oxygen atoms in total. The van der Waals surface area contributed by atoms with E-state index < -0.39 is 28.1 Å². The maximum Gasteiger partial charge on any atom is 0.331 e. The molecule has 1 saturated heterocycles. The van der Waals surface area contributed by atoms with Gasteiger partial charge in [-0.05, 0) is 56.7 Å². The third-order valence-electron chi connectivity index (χ3n) is 6.26. The molecule has 2 aliphatic heterocycles. The molecule has 2 heterocycles. The quantitative estimate of drug-likeness (QED) is 0.636. The number of esters is 1. The van der Waals surface area contributed by atoms with Crippen LogP contribution in [0.3, 0.4) is 0 Å². The summed E-state index contributed by atoms with van der Waals surface area (Å²) in [6.07, 6.45) is 1.88. The molecule has 0 aliphatic carbocycles. The Bertz CT molecular complexity index is 1190. The summed E-state index contributed by atoms with van der Waals surface area (Å²) in [5.74, 6) is -0.285. The van der Waals surface area contributed by atoms with Crippen LogP contribution in [0.5, 0.6) is 0 Å². The van der Waals surface area contributed by atoms with Gasteiger partial charge in [0.25, 0.3) is 15.9 Å². The van der Waals surface area contributed by atoms with Gasteiger partial charge in [0.1, 0.15) is 11.9 Å². The van der Waals surface area contributed by atoms with E-state index in [4.69, 9.17) is 4.74 Å². The summed E-state index contributed by atoms with van der Waals surface area (Å²) in [5, 5.41) is 0. The topological polar surface area (TPSA) is 105 Å². The van der Waals surface area contributed by atoms with Gasteiger partial charge < -0.3 is 9.64 Å². The van der Waals surface area contributed by atoms with Crippen LogP contribution >= 0.6 is 0 Å². The van der Waals surface area contributed by atoms with Crippen LogP contribution in [0.2, 0.25) is 0 Å². The van der Waals surface area contributed by atoms with Crippen LogP contribution in [0.1, 0.15) is 37.8 Å². The van der Waals surface area contributed by atoms with Crippen LogP contribution in [-0.2, 0) is 30.8 Å². The molecule has 0 saturated carbocycles. The minimum absolute atomic E-state index is 0.0968. The summed E-state index contributed by atoms with van der Waals surface area (Å²) < 4.78 is 32.2. The van der Waals surface area contributed by atoms with Crippen molar-refractivity contribution in [3.05, 3.63) is 65.7 Å². The highest BCUT2D eigenvalue weighted by molar-refractivity contribution is 7.90. The second kappa shape index (κ2) is 9.97. The van der Waals surface area contributed by atoms with E-state index in [2.05, 4.69) is 21.8 Å². The number of sulfonamides is 1. The lowest BCUT2D eigenvalue weighted by Gasteiger charge is -2.33. The summed E-state index contributed by atoms with van der Waals surface area (Å²) in [6.45, 7) is 4.34. The lowest BCUT2D eigenvalue weighted by atomic mass is 9.90. The van der Waals surface area contributed by atoms with Gasteiger partial charge >= 0.3 is 5.97 Å². The van der Waals surface area contributed by atoms with Crippen LogP contribution < -0.4 is 4.72 Å². The number of piperidine rings is 1. The predicted molar refractivity (Wildman–Crippen MR) is 128 cm³/mol. The molecular weight excluding hydrogens is 454 g/mol. The number of carbonyl (C=O) groups excluding carboxylic acids is 2. The maximum absolute atomic E-state index is 12.8. The van der Waals surface area contributed by atoms with E-state index in [1.54, 1.807) is 30.0 Å². The first-order valence-electron chi connectivity index (χ1n) is 11.5. The van der Waals surface area contributed by atoms with Crippen molar-refractivity contribution in [2.24, 2.45) is 10.9 Å². The molecule has 0 aromatic heterocycles. The Balaban J connectivity index is 1.30. The number of aliphatic imine (C=N–C) groups is 1. The van der Waals surface area contributed by atoms with Gasteiger partial charge in [-0.25, -0.2) is 13.2 Å². The second-order valence-electron chi connectivity index (χ2n) is 8.79. The van der Waals surface area contributed by atoms with Crippen molar-refractivity contribution in [2.45, 2.75) is 50.2 Å². The predicted octanol–water partition coefficient (Wildman–Crippen LogP) is 2.53. The van der Waals surface area contributed by atoms with E-state index >= 15 is 0 Å². The molecule has 1 amide bonds. The molecule has 0 spiro atoms. The molecule has 1 fully saturated rings. The van der Waals surface area contributed by atoms with Gasteiger partial charge in [-0.1, -0.05) is 42.5 Å². The number of likely N-dealkylation sites (tertiary alicyclic amines) is 1. The number of hydrogen-bond acceptors (Lipinski definition) is 6. The zero-order valence-electron chi connectivity index (χ0n) is 19.3. The molecule has 2 aromatic rings. The Hall–Kier alpha value is -3.20. The lowest BCUT2D eigenvalue weighted by molar-refractivity contribution is -0.160. The average molecular weight is 484 g/mol. The number of rotatable bonds is 6. The zero-order chi connectivity index (χ0) is 24.3. The number of benzene rings is 2. The Morgan fingerprint density at radius 3 is 2.41 bits per heavy atom. The highest BCUT2D eigenvalue weighted by Gasteiger charge is 2.33. The van der Waals surface area contributed by atoms with Gasteiger partial charge in [-0.2, -0.15) is 0 Å². The molecule has 9 heteroatoms. The molecule has 0 bridgehead atoms. The summed E-state index contributed by atoms with van der Waals surface area (Å²) in [7, 11) is -3.70. The average Bonchev–Trinajstić information content (AvgIpc) is 3.09. The molecule has 4 rings (SSSR count). The van der Waals surface area contributed by atoms with E-state index in [1.165, 1.54) is 18.6 Å². The van der Waals surface area contributed by atoms with Crippen molar-refractivity contribution < 1.29 is 22.7 Å². The van der Waals surface area contributed by atoms with E-state index in [9.17, 15) is 18.0 Å². The Morgan fingerprint density at radius 1 is 1.06 bits per heavy atom. The van der Waals surface area contributed by atoms with Gasteiger partial charge in [0.05, 0.1) is 4.90 Å². The van der Waals surface area contributed by atoms with Gasteiger partial charge in [-0.15, -0.1) is 0 Å². The van der Waals surface area contributed by atoms with Crippen LogP contribution in [0.15, 0.2) is 64.5 Å². The molecule has 2 aromatic carbocycles. The van der Waals surface area contributed by atoms with Crippen LogP contribution in [-0.4, -0.2) is 56.3 Å². The van der Waals surface area contributed by atoms with Gasteiger partial charge in [0.2, 0.25) is 0 Å². The highest BCUT2D eigenvalue weighted by atomic mass is 32.2. The fourth-order valence-corrected chi connectivity index (χ4v) is 5.60. The zero-order valence-corrected chi connectivity index (χ0v) is 20.1. The minimum atomic E-state index is -3.70. The smallest absolute Gasteiger partial charge is 0.331 e. The first-order chi connectivity index (χ1) is 16.2. The molecule has 2 atom stereocenters. The van der Waals surface area contributed by atoms with E-state index in [1.807, 2.05) is 18.2 Å². The fourth-order valence-electron chi connectivity index (χ4n) is 4.36. The molecule has 2 aliphatic rings. The van der Waals surface area contributed by atoms with Crippen LogP contribution in [0, 0.1) is 5.92 Å². The lowest BCUT2D eigenvalue weighted by Crippen LogP contribution is -2.45. The van der Waals surface area contributed by atoms with Crippen molar-refractivity contribution in [1.82, 2.24) is 9.62 Å². The van der Waals surface area contributed by atoms with Crippen molar-refractivity contribution >= 4 is 27.7 Å². The third-order valence-corrected chi connectivity index (χ3v) is 7.66. The largest absolute Gasteiger partial charge is 0.451 e. The first kappa shape index (κ1) is 23.9. The number of amides is 1. The number of nitrogens with one attached hydrogen (secondary N) is 1. The normalized spacial score (nSPS) is 20.3. The second-order valence-corrected chi connectivity index (χ2v) is 10.4. The van der Waals surface area contributed by atoms with E-state index in [0.29, 0.717) is 24.6 Å². The number of hydrogen-bond donors (Lipinski definition) is 1. The maximum atomic E-state index is 12.8. The Kier molecular flexibility index (Phi) is 7.02. The summed E-state index contributed by atoms with van der Waals surface area (Å²) in [6, 6.07) is 15.8. The Morgan fingerprint density at radius 2 is 1.71 bits per heavy atom. The molecule has 1 N–H and O–H groups in total. The third kappa shape index (κ3) is 5.30. The molecule has 1 unspecified atom stereocenters. The van der Waals surface area contributed by atoms with Crippen molar-refractivity contribution in [1.29, 1.82) is 0 Å². The molecule has 0 radical (unpaired) electrons. The fraction of sp³-hybridized carbons (Fsp3) is 0.400.